The van der Waals surface area contributed by atoms with Crippen LogP contribution in [0.4, 0.5) is 0 Å². The van der Waals surface area contributed by atoms with Crippen molar-refractivity contribution in [3.05, 3.63) is 70.8 Å². The normalized spacial score (nSPS) is 11.4. The maximum absolute atomic E-state index is 12.3. The van der Waals surface area contributed by atoms with Crippen LogP contribution in [0, 0.1) is 6.92 Å². The summed E-state index contributed by atoms with van der Waals surface area (Å²) in [6, 6.07) is 14.2. The average Bonchev–Trinajstić information content (AvgIpc) is 2.66. The third kappa shape index (κ3) is 6.26. The van der Waals surface area contributed by atoms with Crippen molar-refractivity contribution < 1.29 is 19.1 Å². The fourth-order valence-corrected chi connectivity index (χ4v) is 2.63. The molecule has 2 aromatic carbocycles. The molecule has 0 spiro atoms. The van der Waals surface area contributed by atoms with Gasteiger partial charge in [-0.05, 0) is 30.2 Å². The minimum atomic E-state index is -0.401. The number of carbonyl (C=O) groups excluding carboxylic acids is 3. The van der Waals surface area contributed by atoms with Crippen molar-refractivity contribution in [3.8, 4) is 0 Å². The summed E-state index contributed by atoms with van der Waals surface area (Å²) >= 11 is 0. The molecular weight excluding hydrogens is 344 g/mol. The zero-order chi connectivity index (χ0) is 19.8. The summed E-state index contributed by atoms with van der Waals surface area (Å²) < 4.78 is 4.66. The molecule has 27 heavy (non-hydrogen) atoms. The van der Waals surface area contributed by atoms with Crippen LogP contribution in [0.15, 0.2) is 48.5 Å². The van der Waals surface area contributed by atoms with Crippen LogP contribution in [-0.4, -0.2) is 24.9 Å². The zero-order valence-corrected chi connectivity index (χ0v) is 15.7. The smallest absolute Gasteiger partial charge is 0.337 e. The Labute approximate surface area is 158 Å². The SMILES string of the molecule is COC(=O)c1ccc(CNC(=O)C[C@H](NC(C)=O)c2ccc(C)cc2)cc1. The molecule has 0 fully saturated rings. The maximum Gasteiger partial charge on any atom is 0.337 e. The van der Waals surface area contributed by atoms with E-state index in [9.17, 15) is 14.4 Å². The van der Waals surface area contributed by atoms with Crippen LogP contribution in [0.5, 0.6) is 0 Å². The highest BCUT2D eigenvalue weighted by atomic mass is 16.5. The molecule has 0 bridgehead atoms. The summed E-state index contributed by atoms with van der Waals surface area (Å²) in [5, 5.41) is 5.66. The van der Waals surface area contributed by atoms with E-state index in [0.717, 1.165) is 16.7 Å². The predicted molar refractivity (Wildman–Crippen MR) is 102 cm³/mol. The number of nitrogens with one attached hydrogen (secondary N) is 2. The first-order valence-electron chi connectivity index (χ1n) is 8.66. The first-order chi connectivity index (χ1) is 12.9. The van der Waals surface area contributed by atoms with Crippen LogP contribution in [0.3, 0.4) is 0 Å². The van der Waals surface area contributed by atoms with E-state index in [1.54, 1.807) is 24.3 Å². The molecule has 6 nitrogen and oxygen atoms in total. The highest BCUT2D eigenvalue weighted by molar-refractivity contribution is 5.89. The number of aryl methyl sites for hydroxylation is 1. The first-order valence-corrected chi connectivity index (χ1v) is 8.66. The van der Waals surface area contributed by atoms with Gasteiger partial charge in [0.15, 0.2) is 0 Å². The molecule has 0 aliphatic heterocycles. The summed E-state index contributed by atoms with van der Waals surface area (Å²) in [5.74, 6) is -0.764. The van der Waals surface area contributed by atoms with Crippen molar-refractivity contribution in [2.24, 2.45) is 0 Å². The van der Waals surface area contributed by atoms with Crippen molar-refractivity contribution in [2.75, 3.05) is 7.11 Å². The Kier molecular flexibility index (Phi) is 7.11. The Hall–Kier alpha value is -3.15. The molecule has 2 N–H and O–H groups in total. The third-order valence-electron chi connectivity index (χ3n) is 4.11. The van der Waals surface area contributed by atoms with E-state index in [-0.39, 0.29) is 24.3 Å². The quantitative estimate of drug-likeness (QED) is 0.736. The van der Waals surface area contributed by atoms with Crippen LogP contribution in [0.25, 0.3) is 0 Å². The lowest BCUT2D eigenvalue weighted by Crippen LogP contribution is -2.32. The Morgan fingerprint density at radius 3 is 2.19 bits per heavy atom. The molecule has 0 aromatic heterocycles. The van der Waals surface area contributed by atoms with Gasteiger partial charge in [0.25, 0.3) is 0 Å². The van der Waals surface area contributed by atoms with Gasteiger partial charge in [-0.1, -0.05) is 42.0 Å². The lowest BCUT2D eigenvalue weighted by Gasteiger charge is -2.18. The monoisotopic (exact) mass is 368 g/mol. The van der Waals surface area contributed by atoms with Crippen molar-refractivity contribution in [3.63, 3.8) is 0 Å². The van der Waals surface area contributed by atoms with E-state index in [2.05, 4.69) is 15.4 Å². The highest BCUT2D eigenvalue weighted by Crippen LogP contribution is 2.17. The number of hydrogen-bond acceptors (Lipinski definition) is 4. The first kappa shape index (κ1) is 20.2. The standard InChI is InChI=1S/C21H24N2O4/c1-14-4-8-17(9-5-14)19(23-15(2)24)12-20(25)22-13-16-6-10-18(11-7-16)21(26)27-3/h4-11,19H,12-13H2,1-3H3,(H,22,25)(H,23,24)/t19-/m0/s1. The second-order valence-corrected chi connectivity index (χ2v) is 6.33. The van der Waals surface area contributed by atoms with E-state index in [4.69, 9.17) is 0 Å². The minimum absolute atomic E-state index is 0.142. The molecule has 142 valence electrons. The van der Waals surface area contributed by atoms with Crippen LogP contribution in [0.2, 0.25) is 0 Å². The van der Waals surface area contributed by atoms with Crippen LogP contribution < -0.4 is 10.6 Å². The van der Waals surface area contributed by atoms with Gasteiger partial charge >= 0.3 is 5.97 Å². The predicted octanol–water partition coefficient (Wildman–Crippen LogP) is 2.67. The summed E-state index contributed by atoms with van der Waals surface area (Å²) in [4.78, 5) is 35.2. The summed E-state index contributed by atoms with van der Waals surface area (Å²) in [6.45, 7) is 3.75. The van der Waals surface area contributed by atoms with Crippen LogP contribution in [0.1, 0.15) is 46.4 Å². The molecule has 2 aromatic rings. The molecular formula is C21H24N2O4. The Morgan fingerprint density at radius 2 is 1.63 bits per heavy atom. The third-order valence-corrected chi connectivity index (χ3v) is 4.11. The largest absolute Gasteiger partial charge is 0.465 e. The number of methoxy groups -OCH3 is 1. The van der Waals surface area contributed by atoms with Gasteiger partial charge in [0.1, 0.15) is 0 Å². The zero-order valence-electron chi connectivity index (χ0n) is 15.7. The van der Waals surface area contributed by atoms with Crippen molar-refractivity contribution in [1.29, 1.82) is 0 Å². The van der Waals surface area contributed by atoms with Gasteiger partial charge < -0.3 is 15.4 Å². The van der Waals surface area contributed by atoms with E-state index < -0.39 is 5.97 Å². The van der Waals surface area contributed by atoms with E-state index in [0.29, 0.717) is 12.1 Å². The Morgan fingerprint density at radius 1 is 1.00 bits per heavy atom. The molecule has 0 aliphatic carbocycles. The number of carbonyl (C=O) groups is 3. The maximum atomic E-state index is 12.3. The topological polar surface area (TPSA) is 84.5 Å². The van der Waals surface area contributed by atoms with Crippen molar-refractivity contribution in [1.82, 2.24) is 10.6 Å². The fraction of sp³-hybridized carbons (Fsp3) is 0.286. The van der Waals surface area contributed by atoms with Gasteiger partial charge in [0.05, 0.1) is 25.1 Å². The minimum Gasteiger partial charge on any atom is -0.465 e. The molecule has 0 heterocycles. The number of hydrogen-bond donors (Lipinski definition) is 2. The molecule has 2 rings (SSSR count). The van der Waals surface area contributed by atoms with Gasteiger partial charge in [-0.25, -0.2) is 4.79 Å². The van der Waals surface area contributed by atoms with Crippen molar-refractivity contribution in [2.45, 2.75) is 32.9 Å². The Balaban J connectivity index is 1.96. The number of amides is 2. The number of benzene rings is 2. The molecule has 0 radical (unpaired) electrons. The second kappa shape index (κ2) is 9.52. The molecule has 1 atom stereocenters. The van der Waals surface area contributed by atoms with E-state index in [1.807, 2.05) is 31.2 Å². The fourth-order valence-electron chi connectivity index (χ4n) is 2.63. The van der Waals surface area contributed by atoms with Crippen molar-refractivity contribution >= 4 is 17.8 Å². The summed E-state index contributed by atoms with van der Waals surface area (Å²) in [7, 11) is 1.33. The van der Waals surface area contributed by atoms with Gasteiger partial charge in [-0.15, -0.1) is 0 Å². The second-order valence-electron chi connectivity index (χ2n) is 6.33. The summed E-state index contributed by atoms with van der Waals surface area (Å²) in [5.41, 5.74) is 3.31. The summed E-state index contributed by atoms with van der Waals surface area (Å²) in [6.07, 6.45) is 0.142. The molecule has 0 unspecified atom stereocenters. The Bertz CT molecular complexity index is 798. The lowest BCUT2D eigenvalue weighted by molar-refractivity contribution is -0.122. The van der Waals surface area contributed by atoms with E-state index >= 15 is 0 Å². The number of esters is 1. The highest BCUT2D eigenvalue weighted by Gasteiger charge is 2.17. The van der Waals surface area contributed by atoms with Crippen LogP contribution >= 0.6 is 0 Å². The van der Waals surface area contributed by atoms with Gasteiger partial charge in [0, 0.05) is 13.5 Å². The van der Waals surface area contributed by atoms with Gasteiger partial charge in [-0.2, -0.15) is 0 Å². The average molecular weight is 368 g/mol. The molecule has 0 aliphatic rings. The molecule has 0 saturated heterocycles. The van der Waals surface area contributed by atoms with Crippen LogP contribution in [-0.2, 0) is 20.9 Å². The lowest BCUT2D eigenvalue weighted by atomic mass is 10.0. The molecule has 2 amide bonds. The van der Waals surface area contributed by atoms with E-state index in [1.165, 1.54) is 14.0 Å². The molecule has 0 saturated carbocycles. The number of ether oxygens (including phenoxy) is 1. The van der Waals surface area contributed by atoms with Gasteiger partial charge in [0.2, 0.25) is 11.8 Å². The molecule has 6 heteroatoms. The number of rotatable bonds is 7. The van der Waals surface area contributed by atoms with Gasteiger partial charge in [-0.3, -0.25) is 9.59 Å².